The molecule has 1 amide bonds. The number of aromatic nitrogens is 2. The van der Waals surface area contributed by atoms with Gasteiger partial charge in [0.25, 0.3) is 0 Å². The highest BCUT2D eigenvalue weighted by atomic mass is 16.6. The second kappa shape index (κ2) is 7.90. The number of nitrogens with zero attached hydrogens (tertiary/aromatic N) is 3. The molecule has 0 aliphatic carbocycles. The van der Waals surface area contributed by atoms with Crippen LogP contribution < -0.4 is 10.5 Å². The lowest BCUT2D eigenvalue weighted by Crippen LogP contribution is -2.43. The van der Waals surface area contributed by atoms with Crippen molar-refractivity contribution >= 4 is 11.8 Å². The topological polar surface area (TPSA) is 82.6 Å². The normalized spacial score (nSPS) is 17.6. The number of carbonyl (C=O) groups excluding carboxylic acids is 1. The number of carbonyl (C=O) groups is 1. The van der Waals surface area contributed by atoms with E-state index in [-0.39, 0.29) is 6.09 Å². The number of hydrogen-bond donors (Lipinski definition) is 1. The summed E-state index contributed by atoms with van der Waals surface area (Å²) in [6, 6.07) is 7.25. The van der Waals surface area contributed by atoms with Gasteiger partial charge in [-0.2, -0.15) is 5.10 Å². The Kier molecular flexibility index (Phi) is 5.58. The van der Waals surface area contributed by atoms with Crippen molar-refractivity contribution in [3.05, 3.63) is 36.7 Å². The van der Waals surface area contributed by atoms with Crippen LogP contribution in [0.15, 0.2) is 36.7 Å². The van der Waals surface area contributed by atoms with Gasteiger partial charge in [0.15, 0.2) is 5.75 Å². The Balaban J connectivity index is 1.55. The van der Waals surface area contributed by atoms with Crippen molar-refractivity contribution in [2.45, 2.75) is 45.8 Å². The summed E-state index contributed by atoms with van der Waals surface area (Å²) in [6.45, 7) is 7.83. The fourth-order valence-electron chi connectivity index (χ4n) is 3.14. The van der Waals surface area contributed by atoms with Crippen LogP contribution in [0.1, 0.15) is 33.6 Å². The van der Waals surface area contributed by atoms with E-state index < -0.39 is 5.60 Å². The Bertz CT molecular complexity index is 764. The summed E-state index contributed by atoms with van der Waals surface area (Å²) < 4.78 is 13.2. The highest BCUT2D eigenvalue weighted by molar-refractivity contribution is 5.68. The van der Waals surface area contributed by atoms with Crippen molar-refractivity contribution in [2.75, 3.05) is 18.8 Å². The van der Waals surface area contributed by atoms with E-state index in [1.807, 2.05) is 43.8 Å². The first-order valence-corrected chi connectivity index (χ1v) is 9.32. The molecule has 2 N–H and O–H groups in total. The maximum atomic E-state index is 12.3. The third-order valence-corrected chi connectivity index (χ3v) is 4.34. The molecule has 7 nitrogen and oxygen atoms in total. The van der Waals surface area contributed by atoms with Crippen LogP contribution in [0.25, 0.3) is 0 Å². The van der Waals surface area contributed by atoms with Crippen LogP contribution in [0.4, 0.5) is 10.5 Å². The molecule has 2 heterocycles. The maximum absolute atomic E-state index is 12.3. The summed E-state index contributed by atoms with van der Waals surface area (Å²) in [4.78, 5) is 14.1. The van der Waals surface area contributed by atoms with Gasteiger partial charge in [-0.05, 0) is 63.8 Å². The molecule has 0 bridgehead atoms. The van der Waals surface area contributed by atoms with E-state index in [0.29, 0.717) is 23.9 Å². The Morgan fingerprint density at radius 3 is 2.70 bits per heavy atom. The molecule has 1 aliphatic rings. The predicted octanol–water partition coefficient (Wildman–Crippen LogP) is 3.90. The zero-order valence-electron chi connectivity index (χ0n) is 16.2. The lowest BCUT2D eigenvalue weighted by molar-refractivity contribution is 0.0155. The second-order valence-electron chi connectivity index (χ2n) is 8.00. The van der Waals surface area contributed by atoms with Gasteiger partial charge < -0.3 is 20.1 Å². The monoisotopic (exact) mass is 372 g/mol. The van der Waals surface area contributed by atoms with Gasteiger partial charge >= 0.3 is 6.09 Å². The van der Waals surface area contributed by atoms with E-state index in [1.165, 1.54) is 0 Å². The van der Waals surface area contributed by atoms with Gasteiger partial charge in [0.2, 0.25) is 0 Å². The zero-order chi connectivity index (χ0) is 19.4. The summed E-state index contributed by atoms with van der Waals surface area (Å²) >= 11 is 0. The van der Waals surface area contributed by atoms with Crippen molar-refractivity contribution in [1.29, 1.82) is 0 Å². The number of anilines is 1. The molecule has 1 saturated heterocycles. The Morgan fingerprint density at radius 2 is 2.00 bits per heavy atom. The first-order chi connectivity index (χ1) is 12.8. The standard InChI is InChI=1S/C20H28N4O3/c1-20(2,3)27-19(25)23-10-4-5-15(12-23)13-24-14-18(11-22-24)26-17-8-6-16(21)7-9-17/h6-9,11,14-15H,4-5,10,12-13,21H2,1-3H3. The molecule has 1 aromatic heterocycles. The minimum Gasteiger partial charge on any atom is -0.454 e. The molecular formula is C20H28N4O3. The molecule has 3 rings (SSSR count). The molecule has 1 unspecified atom stereocenters. The third-order valence-electron chi connectivity index (χ3n) is 4.34. The minimum atomic E-state index is -0.472. The Hall–Kier alpha value is -2.70. The number of hydrogen-bond acceptors (Lipinski definition) is 5. The molecule has 0 radical (unpaired) electrons. The largest absolute Gasteiger partial charge is 0.454 e. The molecule has 7 heteroatoms. The fraction of sp³-hybridized carbons (Fsp3) is 0.500. The van der Waals surface area contributed by atoms with Gasteiger partial charge in [-0.15, -0.1) is 0 Å². The number of rotatable bonds is 4. The summed E-state index contributed by atoms with van der Waals surface area (Å²) in [5.74, 6) is 1.74. The Labute approximate surface area is 160 Å². The lowest BCUT2D eigenvalue weighted by Gasteiger charge is -2.34. The third kappa shape index (κ3) is 5.64. The molecule has 1 aliphatic heterocycles. The highest BCUT2D eigenvalue weighted by Crippen LogP contribution is 2.24. The quantitative estimate of drug-likeness (QED) is 0.823. The minimum absolute atomic E-state index is 0.236. The second-order valence-corrected chi connectivity index (χ2v) is 8.00. The van der Waals surface area contributed by atoms with E-state index >= 15 is 0 Å². The number of piperidine rings is 1. The van der Waals surface area contributed by atoms with Crippen LogP contribution in [0.3, 0.4) is 0 Å². The van der Waals surface area contributed by atoms with E-state index in [9.17, 15) is 4.79 Å². The molecule has 1 aromatic carbocycles. The summed E-state index contributed by atoms with van der Waals surface area (Å²) in [7, 11) is 0. The molecule has 1 fully saturated rings. The van der Waals surface area contributed by atoms with Gasteiger partial charge in [0.05, 0.1) is 12.4 Å². The van der Waals surface area contributed by atoms with Gasteiger partial charge in [-0.1, -0.05) is 0 Å². The molecule has 2 aromatic rings. The van der Waals surface area contributed by atoms with Gasteiger partial charge in [-0.25, -0.2) is 4.79 Å². The number of amides is 1. The average Bonchev–Trinajstić information content (AvgIpc) is 3.02. The number of ether oxygens (including phenoxy) is 2. The first-order valence-electron chi connectivity index (χ1n) is 9.32. The SMILES string of the molecule is CC(C)(C)OC(=O)N1CCCC(Cn2cc(Oc3ccc(N)cc3)cn2)C1. The van der Waals surface area contributed by atoms with Gasteiger partial charge in [-0.3, -0.25) is 4.68 Å². The smallest absolute Gasteiger partial charge is 0.410 e. The first kappa shape index (κ1) is 19.1. The van der Waals surface area contributed by atoms with Crippen LogP contribution in [0, 0.1) is 5.92 Å². The molecule has 1 atom stereocenters. The van der Waals surface area contributed by atoms with Crippen molar-refractivity contribution in [3.8, 4) is 11.5 Å². The van der Waals surface area contributed by atoms with E-state index in [1.54, 1.807) is 23.2 Å². The number of nitrogens with two attached hydrogens (primary N) is 1. The molecule has 146 valence electrons. The van der Waals surface area contributed by atoms with E-state index in [4.69, 9.17) is 15.2 Å². The van der Waals surface area contributed by atoms with E-state index in [2.05, 4.69) is 5.10 Å². The summed E-state index contributed by atoms with van der Waals surface area (Å²) in [5.41, 5.74) is 5.91. The van der Waals surface area contributed by atoms with Crippen molar-refractivity contribution in [1.82, 2.24) is 14.7 Å². The summed E-state index contributed by atoms with van der Waals surface area (Å²) in [5, 5.41) is 4.39. The lowest BCUT2D eigenvalue weighted by atomic mass is 9.98. The highest BCUT2D eigenvalue weighted by Gasteiger charge is 2.27. The average molecular weight is 372 g/mol. The van der Waals surface area contributed by atoms with Crippen LogP contribution in [-0.2, 0) is 11.3 Å². The van der Waals surface area contributed by atoms with Crippen molar-refractivity contribution < 1.29 is 14.3 Å². The molecular weight excluding hydrogens is 344 g/mol. The predicted molar refractivity (Wildman–Crippen MR) is 104 cm³/mol. The molecule has 0 saturated carbocycles. The van der Waals surface area contributed by atoms with Crippen LogP contribution >= 0.6 is 0 Å². The van der Waals surface area contributed by atoms with Crippen molar-refractivity contribution in [3.63, 3.8) is 0 Å². The zero-order valence-corrected chi connectivity index (χ0v) is 16.2. The van der Waals surface area contributed by atoms with Gasteiger partial charge in [0.1, 0.15) is 11.4 Å². The van der Waals surface area contributed by atoms with Crippen molar-refractivity contribution in [2.24, 2.45) is 5.92 Å². The maximum Gasteiger partial charge on any atom is 0.410 e. The number of benzene rings is 1. The van der Waals surface area contributed by atoms with Crippen LogP contribution in [0.5, 0.6) is 11.5 Å². The summed E-state index contributed by atoms with van der Waals surface area (Å²) in [6.07, 6.45) is 5.38. The van der Waals surface area contributed by atoms with E-state index in [0.717, 1.165) is 31.7 Å². The molecule has 27 heavy (non-hydrogen) atoms. The van der Waals surface area contributed by atoms with Crippen LogP contribution in [0.2, 0.25) is 0 Å². The molecule has 0 spiro atoms. The Morgan fingerprint density at radius 1 is 1.26 bits per heavy atom. The van der Waals surface area contributed by atoms with Crippen LogP contribution in [-0.4, -0.2) is 39.5 Å². The number of likely N-dealkylation sites (tertiary alicyclic amines) is 1. The van der Waals surface area contributed by atoms with Gasteiger partial charge in [0, 0.05) is 25.3 Å². The fourth-order valence-corrected chi connectivity index (χ4v) is 3.14. The number of nitrogen functional groups attached to an aromatic ring is 1.